The van der Waals surface area contributed by atoms with Crippen molar-refractivity contribution in [3.05, 3.63) is 0 Å². The molecule has 0 bridgehead atoms. The van der Waals surface area contributed by atoms with Gasteiger partial charge in [-0.05, 0) is 19.3 Å². The lowest BCUT2D eigenvalue weighted by molar-refractivity contribution is 0.217. The molecule has 0 aromatic rings. The molecule has 0 saturated carbocycles. The van der Waals surface area contributed by atoms with Crippen LogP contribution < -0.4 is 0 Å². The van der Waals surface area contributed by atoms with Gasteiger partial charge in [0, 0.05) is 12.6 Å². The summed E-state index contributed by atoms with van der Waals surface area (Å²) < 4.78 is 18.0. The molecule has 2 aliphatic heterocycles. The summed E-state index contributed by atoms with van der Waals surface area (Å²) >= 11 is -1.11. The second-order valence-electron chi connectivity index (χ2n) is 2.76. The third kappa shape index (κ3) is 1.00. The number of rotatable bonds is 0. The molecule has 0 N–H and O–H groups in total. The van der Waals surface area contributed by atoms with E-state index in [1.165, 1.54) is 12.8 Å². The molecule has 2 fully saturated rings. The normalized spacial score (nSPS) is 41.6. The minimum absolute atomic E-state index is 0.551. The van der Waals surface area contributed by atoms with Crippen molar-refractivity contribution in [1.82, 2.24) is 4.31 Å². The Balaban J connectivity index is 2.10. The van der Waals surface area contributed by atoms with Crippen LogP contribution in [0.1, 0.15) is 19.3 Å². The first-order valence-electron chi connectivity index (χ1n) is 3.70. The van der Waals surface area contributed by atoms with Gasteiger partial charge in [0.05, 0.1) is 6.61 Å². The molecule has 0 radical (unpaired) electrons. The van der Waals surface area contributed by atoms with Crippen molar-refractivity contribution < 1.29 is 8.39 Å². The summed E-state index contributed by atoms with van der Waals surface area (Å²) in [7, 11) is 0. The van der Waals surface area contributed by atoms with E-state index in [0.29, 0.717) is 12.6 Å². The van der Waals surface area contributed by atoms with Crippen LogP contribution in [0, 0.1) is 0 Å². The lowest BCUT2D eigenvalue weighted by atomic mass is 10.2. The van der Waals surface area contributed by atoms with Crippen LogP contribution in [0.3, 0.4) is 0 Å². The van der Waals surface area contributed by atoms with Gasteiger partial charge in [-0.15, -0.1) is 0 Å². The highest BCUT2D eigenvalue weighted by Gasteiger charge is 2.32. The predicted molar refractivity (Wildman–Crippen MR) is 38.4 cm³/mol. The lowest BCUT2D eigenvalue weighted by Crippen LogP contribution is -2.37. The van der Waals surface area contributed by atoms with Gasteiger partial charge in [0.2, 0.25) is 11.3 Å². The zero-order valence-corrected chi connectivity index (χ0v) is 6.60. The monoisotopic (exact) mass is 161 g/mol. The van der Waals surface area contributed by atoms with Crippen molar-refractivity contribution in [2.24, 2.45) is 0 Å². The first-order valence-corrected chi connectivity index (χ1v) is 4.73. The average Bonchev–Trinajstić information content (AvgIpc) is 2.36. The van der Waals surface area contributed by atoms with Crippen molar-refractivity contribution in [3.8, 4) is 0 Å². The van der Waals surface area contributed by atoms with Gasteiger partial charge in [-0.1, -0.05) is 0 Å². The van der Waals surface area contributed by atoms with Gasteiger partial charge in [0.1, 0.15) is 0 Å². The maximum atomic E-state index is 11.1. The maximum Gasteiger partial charge on any atom is 0.237 e. The van der Waals surface area contributed by atoms with Gasteiger partial charge in [-0.2, -0.15) is 4.31 Å². The van der Waals surface area contributed by atoms with Crippen LogP contribution in [0.15, 0.2) is 0 Å². The third-order valence-electron chi connectivity index (χ3n) is 2.15. The molecule has 10 heavy (non-hydrogen) atoms. The van der Waals surface area contributed by atoms with Crippen LogP contribution >= 0.6 is 0 Å². The van der Waals surface area contributed by atoms with Crippen LogP contribution in [0.2, 0.25) is 0 Å². The second-order valence-corrected chi connectivity index (χ2v) is 3.90. The molecule has 0 aromatic carbocycles. The van der Waals surface area contributed by atoms with E-state index in [0.717, 1.165) is 13.0 Å². The van der Waals surface area contributed by atoms with Crippen LogP contribution in [0.25, 0.3) is 0 Å². The summed E-state index contributed by atoms with van der Waals surface area (Å²) in [6, 6.07) is 0.551. The Morgan fingerprint density at radius 3 is 3.20 bits per heavy atom. The molecule has 3 nitrogen and oxygen atoms in total. The second kappa shape index (κ2) is 2.60. The van der Waals surface area contributed by atoms with Crippen molar-refractivity contribution in [3.63, 3.8) is 0 Å². The first-order chi connectivity index (χ1) is 4.88. The highest BCUT2D eigenvalue weighted by molar-refractivity contribution is 7.77. The summed E-state index contributed by atoms with van der Waals surface area (Å²) in [4.78, 5) is 0. The molecular weight excluding hydrogens is 150 g/mol. The zero-order chi connectivity index (χ0) is 6.97. The van der Waals surface area contributed by atoms with Gasteiger partial charge < -0.3 is 0 Å². The van der Waals surface area contributed by atoms with Gasteiger partial charge >= 0.3 is 0 Å². The Morgan fingerprint density at radius 2 is 2.40 bits per heavy atom. The predicted octanol–water partition coefficient (Wildman–Crippen LogP) is 0.450. The van der Waals surface area contributed by atoms with E-state index in [1.54, 1.807) is 0 Å². The van der Waals surface area contributed by atoms with Crippen molar-refractivity contribution in [2.75, 3.05) is 13.2 Å². The Morgan fingerprint density at radius 1 is 1.50 bits per heavy atom. The molecular formula is C6H11NO2S. The van der Waals surface area contributed by atoms with Gasteiger partial charge in [-0.3, -0.25) is 4.18 Å². The number of nitrogens with zero attached hydrogens (tertiary/aromatic N) is 1. The van der Waals surface area contributed by atoms with E-state index in [2.05, 4.69) is 0 Å². The van der Waals surface area contributed by atoms with Crippen LogP contribution in [-0.2, 0) is 15.4 Å². The molecule has 1 unspecified atom stereocenters. The first kappa shape index (κ1) is 6.76. The minimum atomic E-state index is -1.11. The smallest absolute Gasteiger partial charge is 0.237 e. The zero-order valence-electron chi connectivity index (χ0n) is 5.78. The maximum absolute atomic E-state index is 11.1. The highest BCUT2D eigenvalue weighted by atomic mass is 32.2. The van der Waals surface area contributed by atoms with E-state index in [4.69, 9.17) is 4.18 Å². The molecule has 2 rings (SSSR count). The molecule has 0 spiro atoms. The van der Waals surface area contributed by atoms with Gasteiger partial charge in [0.25, 0.3) is 0 Å². The highest BCUT2D eigenvalue weighted by Crippen LogP contribution is 2.25. The van der Waals surface area contributed by atoms with Gasteiger partial charge in [0.15, 0.2) is 0 Å². The molecule has 2 atom stereocenters. The fraction of sp³-hybridized carbons (Fsp3) is 1.00. The fourth-order valence-electron chi connectivity index (χ4n) is 1.62. The Labute approximate surface area is 63.1 Å². The average molecular weight is 161 g/mol. The molecule has 0 aromatic heterocycles. The van der Waals surface area contributed by atoms with Crippen molar-refractivity contribution >= 4 is 11.3 Å². The summed E-state index contributed by atoms with van der Waals surface area (Å²) in [6.45, 7) is 1.63. The summed E-state index contributed by atoms with van der Waals surface area (Å²) in [5.74, 6) is 0. The van der Waals surface area contributed by atoms with E-state index in [9.17, 15) is 4.21 Å². The molecule has 58 valence electrons. The van der Waals surface area contributed by atoms with E-state index >= 15 is 0 Å². The SMILES string of the molecule is O=S1OCC[C@H]2CCCN21. The third-order valence-corrected chi connectivity index (χ3v) is 3.38. The summed E-state index contributed by atoms with van der Waals surface area (Å²) in [5.41, 5.74) is 0. The Kier molecular flexibility index (Phi) is 1.76. The molecule has 0 aliphatic carbocycles. The van der Waals surface area contributed by atoms with E-state index < -0.39 is 11.3 Å². The molecule has 2 aliphatic rings. The fourth-order valence-corrected chi connectivity index (χ4v) is 2.72. The lowest BCUT2D eigenvalue weighted by Gasteiger charge is -2.26. The Hall–Kier alpha value is 0.0700. The minimum Gasteiger partial charge on any atom is -0.278 e. The van der Waals surface area contributed by atoms with E-state index in [-0.39, 0.29) is 0 Å². The van der Waals surface area contributed by atoms with Crippen molar-refractivity contribution in [2.45, 2.75) is 25.3 Å². The number of hydrogen-bond donors (Lipinski definition) is 0. The number of fused-ring (bicyclic) bond motifs is 1. The molecule has 2 heterocycles. The van der Waals surface area contributed by atoms with Crippen LogP contribution in [-0.4, -0.2) is 27.7 Å². The standard InChI is InChI=1S/C6H11NO2S/c8-10-7-4-1-2-6(7)3-5-9-10/h6H,1-5H2/t6-,10?/m1/s1. The van der Waals surface area contributed by atoms with Crippen molar-refractivity contribution in [1.29, 1.82) is 0 Å². The van der Waals surface area contributed by atoms with Gasteiger partial charge in [-0.25, -0.2) is 4.21 Å². The van der Waals surface area contributed by atoms with Crippen LogP contribution in [0.5, 0.6) is 0 Å². The number of hydrogen-bond acceptors (Lipinski definition) is 2. The van der Waals surface area contributed by atoms with E-state index in [1.807, 2.05) is 4.31 Å². The largest absolute Gasteiger partial charge is 0.278 e. The van der Waals surface area contributed by atoms with Crippen LogP contribution in [0.4, 0.5) is 0 Å². The molecule has 0 amide bonds. The quantitative estimate of drug-likeness (QED) is 0.516. The molecule has 4 heteroatoms. The Bertz CT molecular complexity index is 162. The summed E-state index contributed by atoms with van der Waals surface area (Å²) in [6.07, 6.45) is 3.45. The topological polar surface area (TPSA) is 29.5 Å². The molecule has 2 saturated heterocycles. The summed E-state index contributed by atoms with van der Waals surface area (Å²) in [5, 5.41) is 0.